The number of allylic oxidation sites excluding steroid dienone is 1. The van der Waals surface area contributed by atoms with E-state index in [0.29, 0.717) is 11.4 Å². The number of aliphatic imine (C=N–C) groups is 1. The van der Waals surface area contributed by atoms with Crippen molar-refractivity contribution in [2.75, 3.05) is 24.2 Å². The van der Waals surface area contributed by atoms with Crippen LogP contribution in [-0.4, -0.2) is 31.3 Å². The minimum Gasteiger partial charge on any atom is -0.335 e. The third-order valence-corrected chi connectivity index (χ3v) is 7.84. The molecule has 3 aromatic rings. The number of hydrogen-bond acceptors (Lipinski definition) is 5. The summed E-state index contributed by atoms with van der Waals surface area (Å²) in [6, 6.07) is 22.6. The van der Waals surface area contributed by atoms with Crippen molar-refractivity contribution in [2.24, 2.45) is 4.99 Å². The Kier molecular flexibility index (Phi) is 17.9. The molecule has 3 aromatic carbocycles. The number of amidine groups is 1. The molecular weight excluding hydrogens is 554 g/mol. The SMILES string of the molecule is C/C=C(/NC(=NC)SC)c1ccc2c(c1)CCN2Sc1ccccc1C.CC.CC.O=CCc1cccc(Cl)c1. The molecule has 0 radical (unpaired) electrons. The lowest BCUT2D eigenvalue weighted by Gasteiger charge is -2.19. The largest absolute Gasteiger partial charge is 0.335 e. The van der Waals surface area contributed by atoms with Gasteiger partial charge in [-0.2, -0.15) is 0 Å². The summed E-state index contributed by atoms with van der Waals surface area (Å²) in [5, 5.41) is 5.03. The highest BCUT2D eigenvalue weighted by Gasteiger charge is 2.21. The molecule has 4 nitrogen and oxygen atoms in total. The molecule has 4 rings (SSSR count). The number of benzene rings is 3. The number of hydrogen-bond donors (Lipinski definition) is 1. The van der Waals surface area contributed by atoms with Crippen LogP contribution >= 0.6 is 35.3 Å². The number of aryl methyl sites for hydroxylation is 1. The lowest BCUT2D eigenvalue weighted by Crippen LogP contribution is -2.18. The first-order valence-electron chi connectivity index (χ1n) is 13.8. The molecule has 0 aliphatic carbocycles. The second-order valence-corrected chi connectivity index (χ2v) is 10.4. The van der Waals surface area contributed by atoms with Crippen molar-refractivity contribution < 1.29 is 4.79 Å². The number of carbonyl (C=O) groups is 1. The van der Waals surface area contributed by atoms with E-state index in [1.54, 1.807) is 23.9 Å². The first-order valence-corrected chi connectivity index (χ1v) is 16.1. The lowest BCUT2D eigenvalue weighted by atomic mass is 10.1. The van der Waals surface area contributed by atoms with Gasteiger partial charge in [0.2, 0.25) is 0 Å². The number of thioether (sulfide) groups is 1. The van der Waals surface area contributed by atoms with Crippen LogP contribution in [0.15, 0.2) is 82.7 Å². The van der Waals surface area contributed by atoms with Crippen LogP contribution in [0.5, 0.6) is 0 Å². The number of aldehydes is 1. The maximum absolute atomic E-state index is 10.0. The van der Waals surface area contributed by atoms with Crippen molar-refractivity contribution in [2.45, 2.75) is 59.3 Å². The van der Waals surface area contributed by atoms with Crippen LogP contribution in [0, 0.1) is 6.92 Å². The highest BCUT2D eigenvalue weighted by molar-refractivity contribution is 8.13. The van der Waals surface area contributed by atoms with Crippen LogP contribution in [0.25, 0.3) is 5.70 Å². The number of halogens is 1. The van der Waals surface area contributed by atoms with Crippen LogP contribution in [0.1, 0.15) is 56.9 Å². The van der Waals surface area contributed by atoms with Crippen molar-refractivity contribution in [3.05, 3.63) is 100 Å². The van der Waals surface area contributed by atoms with Crippen LogP contribution < -0.4 is 9.62 Å². The van der Waals surface area contributed by atoms with Crippen LogP contribution in [-0.2, 0) is 17.6 Å². The van der Waals surface area contributed by atoms with Crippen LogP contribution in [0.2, 0.25) is 5.02 Å². The number of anilines is 1. The molecule has 0 fully saturated rings. The Bertz CT molecular complexity index is 1240. The maximum atomic E-state index is 10.0. The van der Waals surface area contributed by atoms with Gasteiger partial charge in [0.15, 0.2) is 5.17 Å². The van der Waals surface area contributed by atoms with Crippen molar-refractivity contribution in [3.63, 3.8) is 0 Å². The molecule has 1 aliphatic rings. The third-order valence-electron chi connectivity index (χ3n) is 5.68. The zero-order valence-electron chi connectivity index (χ0n) is 25.1. The van der Waals surface area contributed by atoms with Crippen LogP contribution in [0.3, 0.4) is 0 Å². The fraction of sp³-hybridized carbons (Fsp3) is 0.333. The highest BCUT2D eigenvalue weighted by atomic mass is 35.5. The smallest absolute Gasteiger partial charge is 0.160 e. The van der Waals surface area contributed by atoms with Gasteiger partial charge in [-0.25, -0.2) is 0 Å². The van der Waals surface area contributed by atoms with E-state index in [9.17, 15) is 4.79 Å². The van der Waals surface area contributed by atoms with E-state index in [0.717, 1.165) is 35.7 Å². The van der Waals surface area contributed by atoms with Gasteiger partial charge >= 0.3 is 0 Å². The molecule has 7 heteroatoms. The fourth-order valence-corrected chi connectivity index (χ4v) is 5.45. The van der Waals surface area contributed by atoms with Gasteiger partial charge in [0.1, 0.15) is 6.29 Å². The summed E-state index contributed by atoms with van der Waals surface area (Å²) < 4.78 is 2.41. The molecular formula is C33H44ClN3OS2. The summed E-state index contributed by atoms with van der Waals surface area (Å²) >= 11 is 9.13. The predicted molar refractivity (Wildman–Crippen MR) is 182 cm³/mol. The van der Waals surface area contributed by atoms with Gasteiger partial charge < -0.3 is 14.4 Å². The third kappa shape index (κ3) is 11.1. The molecule has 1 N–H and O–H groups in total. The van der Waals surface area contributed by atoms with E-state index in [-0.39, 0.29) is 0 Å². The van der Waals surface area contributed by atoms with Gasteiger partial charge in [-0.3, -0.25) is 4.99 Å². The lowest BCUT2D eigenvalue weighted by molar-refractivity contribution is -0.107. The van der Waals surface area contributed by atoms with Gasteiger partial charge in [0.25, 0.3) is 0 Å². The summed E-state index contributed by atoms with van der Waals surface area (Å²) in [4.78, 5) is 15.6. The second-order valence-electron chi connectivity index (χ2n) is 8.11. The van der Waals surface area contributed by atoms with Gasteiger partial charge in [-0.1, -0.05) is 93.5 Å². The van der Waals surface area contributed by atoms with E-state index in [2.05, 4.69) is 77.0 Å². The van der Waals surface area contributed by atoms with E-state index < -0.39 is 0 Å². The Hall–Kier alpha value is -2.67. The summed E-state index contributed by atoms with van der Waals surface area (Å²) in [6.45, 7) is 13.3. The average Bonchev–Trinajstić information content (AvgIpc) is 3.39. The van der Waals surface area contributed by atoms with Gasteiger partial charge in [0, 0.05) is 35.6 Å². The minimum absolute atomic E-state index is 0.445. The van der Waals surface area contributed by atoms with Gasteiger partial charge in [-0.15, -0.1) is 0 Å². The molecule has 0 saturated carbocycles. The Morgan fingerprint density at radius 3 is 2.38 bits per heavy atom. The minimum atomic E-state index is 0.445. The molecule has 0 unspecified atom stereocenters. The first-order chi connectivity index (χ1) is 19.5. The predicted octanol–water partition coefficient (Wildman–Crippen LogP) is 9.50. The fourth-order valence-electron chi connectivity index (χ4n) is 3.80. The van der Waals surface area contributed by atoms with E-state index in [1.165, 1.54) is 27.3 Å². The van der Waals surface area contributed by atoms with E-state index in [4.69, 9.17) is 11.6 Å². The molecule has 0 amide bonds. The molecule has 0 bridgehead atoms. The van der Waals surface area contributed by atoms with E-state index >= 15 is 0 Å². The average molecular weight is 598 g/mol. The summed E-state index contributed by atoms with van der Waals surface area (Å²) in [7, 11) is 1.81. The molecule has 1 aliphatic heterocycles. The molecule has 1 heterocycles. The van der Waals surface area contributed by atoms with Crippen molar-refractivity contribution in [1.82, 2.24) is 5.32 Å². The number of nitrogens with one attached hydrogen (secondary N) is 1. The van der Waals surface area contributed by atoms with E-state index in [1.807, 2.05) is 65.1 Å². The molecule has 0 atom stereocenters. The molecule has 0 saturated heterocycles. The topological polar surface area (TPSA) is 44.7 Å². The second kappa shape index (κ2) is 20.2. The normalized spacial score (nSPS) is 12.1. The zero-order valence-corrected chi connectivity index (χ0v) is 27.5. The first kappa shape index (κ1) is 35.4. The summed E-state index contributed by atoms with van der Waals surface area (Å²) in [5.41, 5.74) is 7.33. The molecule has 0 aromatic heterocycles. The van der Waals surface area contributed by atoms with Crippen molar-refractivity contribution in [3.8, 4) is 0 Å². The number of rotatable bonds is 6. The zero-order chi connectivity index (χ0) is 29.9. The Morgan fingerprint density at radius 2 is 1.77 bits per heavy atom. The molecule has 216 valence electrons. The van der Waals surface area contributed by atoms with Gasteiger partial charge in [-0.05, 0) is 91.1 Å². The van der Waals surface area contributed by atoms with Crippen molar-refractivity contribution >= 4 is 58.1 Å². The monoisotopic (exact) mass is 597 g/mol. The standard InChI is InChI=1S/C21H25N3S2.C8H7ClO.2C2H6/c1-5-18(23-21(22-3)25-4)16-10-11-19-17(14-16)12-13-24(19)26-20-9-7-6-8-15(20)2;9-8-3-1-2-7(6-8)4-5-10;2*1-2/h5-11,14H,12-13H2,1-4H3,(H,22,23);1-3,5-6H,4H2;2*1-2H3/b18-5+;;;. The van der Waals surface area contributed by atoms with Crippen LogP contribution in [0.4, 0.5) is 5.69 Å². The van der Waals surface area contributed by atoms with Gasteiger partial charge in [0.05, 0.1) is 5.69 Å². The molecule has 0 spiro atoms. The number of fused-ring (bicyclic) bond motifs is 1. The highest BCUT2D eigenvalue weighted by Crippen LogP contribution is 2.38. The Morgan fingerprint density at radius 1 is 1.05 bits per heavy atom. The summed E-state index contributed by atoms with van der Waals surface area (Å²) in [5.74, 6) is 0. The maximum Gasteiger partial charge on any atom is 0.160 e. The Labute approximate surface area is 255 Å². The quantitative estimate of drug-likeness (QED) is 0.133. The Balaban J connectivity index is 0.000000477. The number of nitrogens with zero attached hydrogens (tertiary/aromatic N) is 2. The summed E-state index contributed by atoms with van der Waals surface area (Å²) in [6.07, 6.45) is 6.53. The number of carbonyl (C=O) groups excluding carboxylic acids is 1. The molecule has 40 heavy (non-hydrogen) atoms. The van der Waals surface area contributed by atoms with Crippen molar-refractivity contribution in [1.29, 1.82) is 0 Å².